The molecule has 2 heterocycles. The maximum absolute atomic E-state index is 9.21. The SMILES string of the molecule is CCNc1cnccc1N1CCNC(CO)C1. The zero-order valence-electron chi connectivity index (χ0n) is 10.2. The molecule has 1 saturated heterocycles. The van der Waals surface area contributed by atoms with E-state index in [4.69, 9.17) is 0 Å². The van der Waals surface area contributed by atoms with Crippen LogP contribution >= 0.6 is 0 Å². The first-order valence-electron chi connectivity index (χ1n) is 6.12. The van der Waals surface area contributed by atoms with Gasteiger partial charge in [0.05, 0.1) is 24.2 Å². The summed E-state index contributed by atoms with van der Waals surface area (Å²) in [7, 11) is 0. The Hall–Kier alpha value is -1.33. The summed E-state index contributed by atoms with van der Waals surface area (Å²) in [6.45, 7) is 5.83. The molecule has 2 rings (SSSR count). The van der Waals surface area contributed by atoms with E-state index in [9.17, 15) is 5.11 Å². The van der Waals surface area contributed by atoms with Gasteiger partial charge in [0.25, 0.3) is 0 Å². The molecule has 17 heavy (non-hydrogen) atoms. The summed E-state index contributed by atoms with van der Waals surface area (Å²) in [5, 5.41) is 15.8. The number of rotatable bonds is 4. The normalized spacial score (nSPS) is 20.4. The minimum Gasteiger partial charge on any atom is -0.395 e. The molecule has 0 aliphatic carbocycles. The molecule has 0 bridgehead atoms. The number of nitrogens with one attached hydrogen (secondary N) is 2. The zero-order chi connectivity index (χ0) is 12.1. The number of hydrogen-bond donors (Lipinski definition) is 3. The third-order valence-electron chi connectivity index (χ3n) is 2.98. The maximum atomic E-state index is 9.21. The number of piperazine rings is 1. The van der Waals surface area contributed by atoms with Gasteiger partial charge >= 0.3 is 0 Å². The van der Waals surface area contributed by atoms with E-state index in [1.54, 1.807) is 0 Å². The Bertz CT molecular complexity index is 358. The van der Waals surface area contributed by atoms with Crippen molar-refractivity contribution in [3.8, 4) is 0 Å². The summed E-state index contributed by atoms with van der Waals surface area (Å²) in [4.78, 5) is 6.43. The molecule has 94 valence electrons. The van der Waals surface area contributed by atoms with Gasteiger partial charge in [-0.05, 0) is 13.0 Å². The lowest BCUT2D eigenvalue weighted by molar-refractivity contribution is 0.236. The van der Waals surface area contributed by atoms with Crippen LogP contribution in [-0.2, 0) is 0 Å². The summed E-state index contributed by atoms with van der Waals surface area (Å²) >= 11 is 0. The average Bonchev–Trinajstić information content (AvgIpc) is 2.40. The Morgan fingerprint density at radius 3 is 3.29 bits per heavy atom. The molecule has 1 aliphatic heterocycles. The fraction of sp³-hybridized carbons (Fsp3) is 0.583. The zero-order valence-corrected chi connectivity index (χ0v) is 10.2. The minimum absolute atomic E-state index is 0.159. The van der Waals surface area contributed by atoms with E-state index in [-0.39, 0.29) is 12.6 Å². The third-order valence-corrected chi connectivity index (χ3v) is 2.98. The van der Waals surface area contributed by atoms with Crippen molar-refractivity contribution in [1.82, 2.24) is 10.3 Å². The first kappa shape index (κ1) is 12.1. The topological polar surface area (TPSA) is 60.4 Å². The highest BCUT2D eigenvalue weighted by Gasteiger charge is 2.20. The number of aliphatic hydroxyl groups excluding tert-OH is 1. The van der Waals surface area contributed by atoms with Crippen molar-refractivity contribution >= 4 is 11.4 Å². The second-order valence-corrected chi connectivity index (χ2v) is 4.20. The monoisotopic (exact) mass is 236 g/mol. The van der Waals surface area contributed by atoms with Crippen LogP contribution in [0.2, 0.25) is 0 Å². The summed E-state index contributed by atoms with van der Waals surface area (Å²) in [5.41, 5.74) is 2.23. The maximum Gasteiger partial charge on any atom is 0.0764 e. The van der Waals surface area contributed by atoms with Crippen LogP contribution in [0.5, 0.6) is 0 Å². The molecule has 1 unspecified atom stereocenters. The van der Waals surface area contributed by atoms with E-state index in [0.29, 0.717) is 0 Å². The molecule has 1 atom stereocenters. The Labute approximate surface area is 102 Å². The summed E-state index contributed by atoms with van der Waals surface area (Å²) in [6, 6.07) is 2.18. The number of hydrogen-bond acceptors (Lipinski definition) is 5. The van der Waals surface area contributed by atoms with E-state index in [2.05, 4.69) is 27.4 Å². The van der Waals surface area contributed by atoms with Crippen LogP contribution in [0.3, 0.4) is 0 Å². The summed E-state index contributed by atoms with van der Waals surface area (Å²) in [6.07, 6.45) is 3.67. The van der Waals surface area contributed by atoms with Crippen LogP contribution in [0.1, 0.15) is 6.92 Å². The molecule has 0 saturated carbocycles. The lowest BCUT2D eigenvalue weighted by Crippen LogP contribution is -2.52. The lowest BCUT2D eigenvalue weighted by atomic mass is 10.2. The highest BCUT2D eigenvalue weighted by atomic mass is 16.3. The Morgan fingerprint density at radius 1 is 1.65 bits per heavy atom. The van der Waals surface area contributed by atoms with Gasteiger partial charge in [-0.25, -0.2) is 0 Å². The molecule has 0 radical (unpaired) electrons. The quantitative estimate of drug-likeness (QED) is 0.701. The third kappa shape index (κ3) is 2.87. The molecule has 0 amide bonds. The Balaban J connectivity index is 2.15. The number of aromatic nitrogens is 1. The van der Waals surface area contributed by atoms with Crippen molar-refractivity contribution in [3.63, 3.8) is 0 Å². The fourth-order valence-electron chi connectivity index (χ4n) is 2.16. The molecule has 5 heteroatoms. The second kappa shape index (κ2) is 5.84. The molecule has 1 aromatic rings. The van der Waals surface area contributed by atoms with Crippen LogP contribution < -0.4 is 15.5 Å². The number of pyridine rings is 1. The van der Waals surface area contributed by atoms with Crippen LogP contribution in [0.4, 0.5) is 11.4 Å². The van der Waals surface area contributed by atoms with Crippen molar-refractivity contribution in [2.45, 2.75) is 13.0 Å². The van der Waals surface area contributed by atoms with E-state index in [1.165, 1.54) is 5.69 Å². The number of aliphatic hydroxyl groups is 1. The molecular weight excluding hydrogens is 216 g/mol. The Morgan fingerprint density at radius 2 is 2.53 bits per heavy atom. The van der Waals surface area contributed by atoms with Crippen molar-refractivity contribution in [2.24, 2.45) is 0 Å². The molecule has 1 fully saturated rings. The van der Waals surface area contributed by atoms with Gasteiger partial charge in [0.1, 0.15) is 0 Å². The van der Waals surface area contributed by atoms with Crippen molar-refractivity contribution in [2.75, 3.05) is 43.0 Å². The van der Waals surface area contributed by atoms with E-state index >= 15 is 0 Å². The van der Waals surface area contributed by atoms with Gasteiger partial charge in [0.15, 0.2) is 0 Å². The molecule has 3 N–H and O–H groups in total. The molecule has 5 nitrogen and oxygen atoms in total. The first-order valence-corrected chi connectivity index (χ1v) is 6.12. The predicted octanol–water partition coefficient (Wildman–Crippen LogP) is 0.284. The van der Waals surface area contributed by atoms with E-state index in [0.717, 1.165) is 31.9 Å². The van der Waals surface area contributed by atoms with Gasteiger partial charge in [-0.3, -0.25) is 4.98 Å². The van der Waals surface area contributed by atoms with Crippen molar-refractivity contribution in [3.05, 3.63) is 18.5 Å². The van der Waals surface area contributed by atoms with Gasteiger partial charge in [-0.2, -0.15) is 0 Å². The van der Waals surface area contributed by atoms with Crippen LogP contribution in [0.15, 0.2) is 18.5 Å². The molecule has 0 spiro atoms. The predicted molar refractivity (Wildman–Crippen MR) is 69.5 cm³/mol. The van der Waals surface area contributed by atoms with Gasteiger partial charge in [0, 0.05) is 38.4 Å². The average molecular weight is 236 g/mol. The van der Waals surface area contributed by atoms with Gasteiger partial charge < -0.3 is 20.6 Å². The Kier molecular flexibility index (Phi) is 4.17. The van der Waals surface area contributed by atoms with Crippen molar-refractivity contribution < 1.29 is 5.11 Å². The van der Waals surface area contributed by atoms with Crippen LogP contribution in [0, 0.1) is 0 Å². The molecular formula is C12H20N4O. The number of anilines is 2. The van der Waals surface area contributed by atoms with Gasteiger partial charge in [0.2, 0.25) is 0 Å². The molecule has 1 aliphatic rings. The largest absolute Gasteiger partial charge is 0.395 e. The highest BCUT2D eigenvalue weighted by molar-refractivity contribution is 5.69. The fourth-order valence-corrected chi connectivity index (χ4v) is 2.16. The van der Waals surface area contributed by atoms with Crippen LogP contribution in [-0.4, -0.2) is 48.9 Å². The summed E-state index contributed by atoms with van der Waals surface area (Å²) in [5.74, 6) is 0. The molecule has 1 aromatic heterocycles. The van der Waals surface area contributed by atoms with E-state index in [1.807, 2.05) is 18.5 Å². The lowest BCUT2D eigenvalue weighted by Gasteiger charge is -2.35. The first-order chi connectivity index (χ1) is 8.35. The standard InChI is InChI=1S/C12H20N4O/c1-2-14-11-7-13-4-3-12(11)16-6-5-15-10(8-16)9-17/h3-4,7,10,14-15,17H,2,5-6,8-9H2,1H3. The summed E-state index contributed by atoms with van der Waals surface area (Å²) < 4.78 is 0. The smallest absolute Gasteiger partial charge is 0.0764 e. The highest BCUT2D eigenvalue weighted by Crippen LogP contribution is 2.25. The second-order valence-electron chi connectivity index (χ2n) is 4.20. The van der Waals surface area contributed by atoms with Crippen molar-refractivity contribution in [1.29, 1.82) is 0 Å². The van der Waals surface area contributed by atoms with Gasteiger partial charge in [-0.1, -0.05) is 0 Å². The molecule has 0 aromatic carbocycles. The minimum atomic E-state index is 0.159. The number of nitrogens with zero attached hydrogens (tertiary/aromatic N) is 2. The van der Waals surface area contributed by atoms with Crippen LogP contribution in [0.25, 0.3) is 0 Å². The van der Waals surface area contributed by atoms with E-state index < -0.39 is 0 Å². The van der Waals surface area contributed by atoms with Gasteiger partial charge in [-0.15, -0.1) is 0 Å².